The molecule has 1 aromatic carbocycles. The van der Waals surface area contributed by atoms with Crippen LogP contribution in [0.3, 0.4) is 0 Å². The van der Waals surface area contributed by atoms with Crippen molar-refractivity contribution in [3.63, 3.8) is 0 Å². The van der Waals surface area contributed by atoms with Crippen molar-refractivity contribution in [2.75, 3.05) is 11.9 Å². The zero-order valence-corrected chi connectivity index (χ0v) is 18.4. The Kier molecular flexibility index (Phi) is 5.77. The first-order valence-corrected chi connectivity index (χ1v) is 11.0. The Bertz CT molecular complexity index is 1310. The molecule has 0 aliphatic rings. The molecule has 0 aliphatic carbocycles. The number of rotatable bonds is 6. The normalized spacial score (nSPS) is 10.9. The van der Waals surface area contributed by atoms with Crippen LogP contribution in [0.25, 0.3) is 15.9 Å². The summed E-state index contributed by atoms with van der Waals surface area (Å²) in [5.74, 6) is -1.84. The number of hydrogen-bond acceptors (Lipinski definition) is 7. The average Bonchev–Trinajstić information content (AvgIpc) is 3.44. The van der Waals surface area contributed by atoms with E-state index in [1.807, 2.05) is 19.1 Å². The summed E-state index contributed by atoms with van der Waals surface area (Å²) in [6.45, 7) is 1.35. The summed E-state index contributed by atoms with van der Waals surface area (Å²) >= 11 is 8.33. The first-order valence-electron chi connectivity index (χ1n) is 8.93. The van der Waals surface area contributed by atoms with Crippen molar-refractivity contribution in [2.45, 2.75) is 6.92 Å². The molecule has 0 saturated carbocycles. The summed E-state index contributed by atoms with van der Waals surface area (Å²) in [6, 6.07) is 10.4. The molecule has 31 heavy (non-hydrogen) atoms. The van der Waals surface area contributed by atoms with Crippen molar-refractivity contribution in [1.82, 2.24) is 9.78 Å². The van der Waals surface area contributed by atoms with Crippen LogP contribution >= 0.6 is 34.3 Å². The van der Waals surface area contributed by atoms with Crippen molar-refractivity contribution in [3.05, 3.63) is 62.9 Å². The molecule has 0 radical (unpaired) electrons. The molecule has 158 valence electrons. The van der Waals surface area contributed by atoms with Crippen LogP contribution in [0, 0.1) is 6.92 Å². The fraction of sp³-hybridized carbons (Fsp3) is 0.100. The number of primary amides is 1. The van der Waals surface area contributed by atoms with E-state index in [4.69, 9.17) is 22.1 Å². The van der Waals surface area contributed by atoms with Gasteiger partial charge in [0.1, 0.15) is 14.7 Å². The van der Waals surface area contributed by atoms with Crippen LogP contribution in [0.2, 0.25) is 5.02 Å². The first kappa shape index (κ1) is 21.0. The smallest absolute Gasteiger partial charge is 0.348 e. The molecule has 2 amide bonds. The molecule has 3 aromatic heterocycles. The van der Waals surface area contributed by atoms with Crippen molar-refractivity contribution in [1.29, 1.82) is 0 Å². The van der Waals surface area contributed by atoms with Gasteiger partial charge in [0.2, 0.25) is 0 Å². The molecular weight excluding hydrogens is 460 g/mol. The molecule has 0 unspecified atom stereocenters. The highest BCUT2D eigenvalue weighted by Gasteiger charge is 2.19. The van der Waals surface area contributed by atoms with Gasteiger partial charge >= 0.3 is 5.97 Å². The summed E-state index contributed by atoms with van der Waals surface area (Å²) in [6.07, 6.45) is 0. The minimum atomic E-state index is -0.649. The SMILES string of the molecule is Cc1nn(-c2ccc(Cl)cc2)c2sc(C(=O)OCC(=O)Nc3sccc3C(N)=O)cc12. The summed E-state index contributed by atoms with van der Waals surface area (Å²) in [5.41, 5.74) is 7.03. The van der Waals surface area contributed by atoms with E-state index in [-0.39, 0.29) is 5.56 Å². The topological polar surface area (TPSA) is 116 Å². The molecule has 4 rings (SSSR count). The van der Waals surface area contributed by atoms with Gasteiger partial charge in [-0.3, -0.25) is 9.59 Å². The van der Waals surface area contributed by atoms with E-state index in [1.165, 1.54) is 17.4 Å². The summed E-state index contributed by atoms with van der Waals surface area (Å²) in [4.78, 5) is 37.1. The second-order valence-corrected chi connectivity index (χ2v) is 8.84. The Morgan fingerprint density at radius 1 is 1.23 bits per heavy atom. The molecule has 0 atom stereocenters. The molecule has 0 spiro atoms. The van der Waals surface area contributed by atoms with Gasteiger partial charge in [-0.15, -0.1) is 22.7 Å². The standard InChI is InChI=1S/C20H15ClN4O4S2/c1-10-14-8-15(31-19(14)25(24-10)12-4-2-11(21)3-5-12)20(28)29-9-16(26)23-18-13(17(22)27)6-7-30-18/h2-8H,9H2,1H3,(H2,22,27)(H,23,26). The molecule has 0 aliphatic heterocycles. The molecule has 3 heterocycles. The number of halogens is 1. The Morgan fingerprint density at radius 2 is 1.97 bits per heavy atom. The van der Waals surface area contributed by atoms with Gasteiger partial charge in [-0.2, -0.15) is 5.10 Å². The highest BCUT2D eigenvalue weighted by atomic mass is 35.5. The number of anilines is 1. The number of esters is 1. The van der Waals surface area contributed by atoms with E-state index >= 15 is 0 Å². The highest BCUT2D eigenvalue weighted by Crippen LogP contribution is 2.31. The number of ether oxygens (including phenoxy) is 1. The number of benzene rings is 1. The number of hydrogen-bond donors (Lipinski definition) is 2. The lowest BCUT2D eigenvalue weighted by Crippen LogP contribution is -2.22. The van der Waals surface area contributed by atoms with E-state index in [2.05, 4.69) is 10.4 Å². The van der Waals surface area contributed by atoms with Gasteiger partial charge < -0.3 is 15.8 Å². The van der Waals surface area contributed by atoms with E-state index < -0.39 is 24.4 Å². The molecule has 3 N–H and O–H groups in total. The van der Waals surface area contributed by atoms with Crippen LogP contribution in [-0.2, 0) is 9.53 Å². The van der Waals surface area contributed by atoms with Crippen LogP contribution in [0.1, 0.15) is 25.7 Å². The molecule has 11 heteroatoms. The second-order valence-electron chi connectivity index (χ2n) is 6.46. The zero-order chi connectivity index (χ0) is 22.1. The number of nitrogens with one attached hydrogen (secondary N) is 1. The number of fused-ring (bicyclic) bond motifs is 1. The Hall–Kier alpha value is -3.21. The van der Waals surface area contributed by atoms with Crippen molar-refractivity contribution >= 4 is 67.3 Å². The zero-order valence-electron chi connectivity index (χ0n) is 16.0. The number of aryl methyl sites for hydroxylation is 1. The van der Waals surface area contributed by atoms with E-state index in [0.717, 1.165) is 32.9 Å². The predicted molar refractivity (Wildman–Crippen MR) is 120 cm³/mol. The number of carbonyl (C=O) groups is 3. The monoisotopic (exact) mass is 474 g/mol. The largest absolute Gasteiger partial charge is 0.451 e. The molecule has 8 nitrogen and oxygen atoms in total. The van der Waals surface area contributed by atoms with Gasteiger partial charge in [-0.25, -0.2) is 9.48 Å². The maximum Gasteiger partial charge on any atom is 0.348 e. The third-order valence-electron chi connectivity index (χ3n) is 4.34. The van der Waals surface area contributed by atoms with E-state index in [1.54, 1.807) is 28.3 Å². The molecule has 0 fully saturated rings. The predicted octanol–water partition coefficient (Wildman–Crippen LogP) is 4.00. The number of nitrogens with two attached hydrogens (primary N) is 1. The molecule has 0 saturated heterocycles. The van der Waals surface area contributed by atoms with Gasteiger partial charge in [-0.1, -0.05) is 11.6 Å². The number of aromatic nitrogens is 2. The quantitative estimate of drug-likeness (QED) is 0.409. The number of carbonyl (C=O) groups excluding carboxylic acids is 3. The summed E-state index contributed by atoms with van der Waals surface area (Å²) in [5, 5.41) is 10.4. The van der Waals surface area contributed by atoms with E-state index in [9.17, 15) is 14.4 Å². The number of amides is 2. The van der Waals surface area contributed by atoms with Crippen LogP contribution in [0.15, 0.2) is 41.8 Å². The second kappa shape index (κ2) is 8.50. The van der Waals surface area contributed by atoms with Gasteiger partial charge in [0.15, 0.2) is 6.61 Å². The minimum Gasteiger partial charge on any atom is -0.451 e. The van der Waals surface area contributed by atoms with Gasteiger partial charge in [-0.05, 0) is 48.7 Å². The van der Waals surface area contributed by atoms with Crippen molar-refractivity contribution in [3.8, 4) is 5.69 Å². The Morgan fingerprint density at radius 3 is 2.68 bits per heavy atom. The Labute approximate surface area is 189 Å². The first-order chi connectivity index (χ1) is 14.8. The van der Waals surface area contributed by atoms with Crippen molar-refractivity contribution in [2.24, 2.45) is 5.73 Å². The van der Waals surface area contributed by atoms with Gasteiger partial charge in [0, 0.05) is 10.4 Å². The maximum absolute atomic E-state index is 12.5. The Balaban J connectivity index is 1.47. The van der Waals surface area contributed by atoms with Crippen LogP contribution in [0.5, 0.6) is 0 Å². The van der Waals surface area contributed by atoms with E-state index in [0.29, 0.717) is 14.9 Å². The third kappa shape index (κ3) is 4.31. The number of nitrogens with zero attached hydrogens (tertiary/aromatic N) is 2. The maximum atomic E-state index is 12.5. The highest BCUT2D eigenvalue weighted by molar-refractivity contribution is 7.20. The lowest BCUT2D eigenvalue weighted by atomic mass is 10.3. The lowest BCUT2D eigenvalue weighted by Gasteiger charge is -2.05. The molecule has 4 aromatic rings. The lowest BCUT2D eigenvalue weighted by molar-refractivity contribution is -0.119. The van der Waals surface area contributed by atoms with Crippen LogP contribution < -0.4 is 11.1 Å². The number of thiophene rings is 2. The molecule has 0 bridgehead atoms. The average molecular weight is 475 g/mol. The van der Waals surface area contributed by atoms with Crippen molar-refractivity contribution < 1.29 is 19.1 Å². The minimum absolute atomic E-state index is 0.205. The fourth-order valence-corrected chi connectivity index (χ4v) is 4.88. The van der Waals surface area contributed by atoms with Gasteiger partial charge in [0.05, 0.1) is 16.9 Å². The van der Waals surface area contributed by atoms with Crippen LogP contribution in [0.4, 0.5) is 5.00 Å². The summed E-state index contributed by atoms with van der Waals surface area (Å²) < 4.78 is 6.87. The third-order valence-corrected chi connectivity index (χ3v) is 6.51. The summed E-state index contributed by atoms with van der Waals surface area (Å²) in [7, 11) is 0. The van der Waals surface area contributed by atoms with Gasteiger partial charge in [0.25, 0.3) is 11.8 Å². The molecular formula is C20H15ClN4O4S2. The van der Waals surface area contributed by atoms with Crippen LogP contribution in [-0.4, -0.2) is 34.2 Å². The fourth-order valence-electron chi connectivity index (χ4n) is 2.87.